The van der Waals surface area contributed by atoms with E-state index in [9.17, 15) is 0 Å². The van der Waals surface area contributed by atoms with E-state index in [2.05, 4.69) is 34.4 Å². The van der Waals surface area contributed by atoms with Crippen LogP contribution < -0.4 is 5.32 Å². The molecule has 1 unspecified atom stereocenters. The number of hydrogen-bond acceptors (Lipinski definition) is 5. The summed E-state index contributed by atoms with van der Waals surface area (Å²) in [5.74, 6) is 1.21. The second-order valence-corrected chi connectivity index (χ2v) is 6.11. The molecule has 0 fully saturated rings. The molecule has 3 aromatic rings. The lowest BCUT2D eigenvalue weighted by Crippen LogP contribution is -2.24. The average Bonchev–Trinajstić information content (AvgIpc) is 3.18. The SMILES string of the molecule is CNC(C)Cc1noc(/C=C/c2c(C)nn(-c3ccccc3)c2C)n1. The number of likely N-dealkylation sites (N-methyl/N-ethyl adjacent to an activating group) is 1. The number of aromatic nitrogens is 4. The van der Waals surface area contributed by atoms with Crippen molar-refractivity contribution >= 4 is 12.2 Å². The molecule has 0 bridgehead atoms. The number of aryl methyl sites for hydroxylation is 1. The second kappa shape index (κ2) is 7.44. The topological polar surface area (TPSA) is 68.8 Å². The predicted octanol–water partition coefficient (Wildman–Crippen LogP) is 3.19. The van der Waals surface area contributed by atoms with Gasteiger partial charge < -0.3 is 9.84 Å². The summed E-state index contributed by atoms with van der Waals surface area (Å²) >= 11 is 0. The van der Waals surface area contributed by atoms with Gasteiger partial charge in [-0.2, -0.15) is 10.1 Å². The Balaban J connectivity index is 1.81. The van der Waals surface area contributed by atoms with Crippen molar-refractivity contribution in [2.45, 2.75) is 33.2 Å². The van der Waals surface area contributed by atoms with Gasteiger partial charge in [-0.15, -0.1) is 0 Å². The van der Waals surface area contributed by atoms with Crippen molar-refractivity contribution in [2.24, 2.45) is 0 Å². The van der Waals surface area contributed by atoms with Gasteiger partial charge in [-0.3, -0.25) is 0 Å². The molecule has 1 atom stereocenters. The van der Waals surface area contributed by atoms with Crippen LogP contribution in [-0.4, -0.2) is 33.0 Å². The van der Waals surface area contributed by atoms with Crippen molar-refractivity contribution in [3.63, 3.8) is 0 Å². The Labute approximate surface area is 147 Å². The Bertz CT molecular complexity index is 863. The van der Waals surface area contributed by atoms with Crippen LogP contribution in [0.4, 0.5) is 0 Å². The van der Waals surface area contributed by atoms with Crippen molar-refractivity contribution in [1.29, 1.82) is 0 Å². The molecule has 1 aromatic carbocycles. The lowest BCUT2D eigenvalue weighted by molar-refractivity contribution is 0.400. The van der Waals surface area contributed by atoms with Gasteiger partial charge in [-0.25, -0.2) is 4.68 Å². The summed E-state index contributed by atoms with van der Waals surface area (Å²) in [6.07, 6.45) is 4.56. The molecule has 6 nitrogen and oxygen atoms in total. The van der Waals surface area contributed by atoms with Crippen LogP contribution in [0.25, 0.3) is 17.8 Å². The van der Waals surface area contributed by atoms with Gasteiger partial charge in [0.25, 0.3) is 5.89 Å². The van der Waals surface area contributed by atoms with E-state index in [0.29, 0.717) is 17.8 Å². The third-order valence-corrected chi connectivity index (χ3v) is 4.21. The minimum Gasteiger partial charge on any atom is -0.335 e. The van der Waals surface area contributed by atoms with Crippen molar-refractivity contribution < 1.29 is 4.52 Å². The molecule has 25 heavy (non-hydrogen) atoms. The van der Waals surface area contributed by atoms with E-state index in [-0.39, 0.29) is 0 Å². The Morgan fingerprint density at radius 2 is 1.96 bits per heavy atom. The second-order valence-electron chi connectivity index (χ2n) is 6.11. The molecule has 0 saturated heterocycles. The molecule has 3 rings (SSSR count). The third kappa shape index (κ3) is 3.85. The van der Waals surface area contributed by atoms with E-state index < -0.39 is 0 Å². The molecule has 0 aliphatic heterocycles. The molecule has 2 aromatic heterocycles. The quantitative estimate of drug-likeness (QED) is 0.748. The van der Waals surface area contributed by atoms with Crippen LogP contribution in [0.15, 0.2) is 34.9 Å². The number of rotatable bonds is 6. The number of para-hydroxylation sites is 1. The first-order chi connectivity index (χ1) is 12.1. The molecule has 0 radical (unpaired) electrons. The monoisotopic (exact) mass is 337 g/mol. The fourth-order valence-electron chi connectivity index (χ4n) is 2.67. The first-order valence-corrected chi connectivity index (χ1v) is 8.38. The number of hydrogen-bond donors (Lipinski definition) is 1. The smallest absolute Gasteiger partial charge is 0.250 e. The molecule has 0 aliphatic rings. The fraction of sp³-hybridized carbons (Fsp3) is 0.316. The van der Waals surface area contributed by atoms with E-state index in [1.807, 2.05) is 61.1 Å². The van der Waals surface area contributed by atoms with Crippen LogP contribution >= 0.6 is 0 Å². The van der Waals surface area contributed by atoms with Crippen molar-refractivity contribution in [1.82, 2.24) is 25.2 Å². The van der Waals surface area contributed by atoms with Gasteiger partial charge in [-0.05, 0) is 46.0 Å². The van der Waals surface area contributed by atoms with Crippen LogP contribution in [0, 0.1) is 13.8 Å². The lowest BCUT2D eigenvalue weighted by Gasteiger charge is -2.04. The van der Waals surface area contributed by atoms with Crippen molar-refractivity contribution in [3.8, 4) is 5.69 Å². The minimum atomic E-state index is 0.308. The van der Waals surface area contributed by atoms with Crippen LogP contribution in [-0.2, 0) is 6.42 Å². The molecule has 6 heteroatoms. The highest BCUT2D eigenvalue weighted by molar-refractivity contribution is 5.69. The van der Waals surface area contributed by atoms with E-state index in [1.165, 1.54) is 0 Å². The van der Waals surface area contributed by atoms with Gasteiger partial charge in [0.2, 0.25) is 0 Å². The number of benzene rings is 1. The maximum atomic E-state index is 5.30. The predicted molar refractivity (Wildman–Crippen MR) is 98.5 cm³/mol. The molecule has 1 N–H and O–H groups in total. The zero-order valence-corrected chi connectivity index (χ0v) is 15.0. The largest absolute Gasteiger partial charge is 0.335 e. The average molecular weight is 337 g/mol. The summed E-state index contributed by atoms with van der Waals surface area (Å²) in [4.78, 5) is 4.41. The Morgan fingerprint density at radius 3 is 2.68 bits per heavy atom. The fourth-order valence-corrected chi connectivity index (χ4v) is 2.67. The Morgan fingerprint density at radius 1 is 1.20 bits per heavy atom. The highest BCUT2D eigenvalue weighted by Gasteiger charge is 2.11. The van der Waals surface area contributed by atoms with Gasteiger partial charge in [-0.1, -0.05) is 23.4 Å². The third-order valence-electron chi connectivity index (χ3n) is 4.21. The molecule has 0 aliphatic carbocycles. The minimum absolute atomic E-state index is 0.308. The maximum Gasteiger partial charge on any atom is 0.250 e. The molecule has 2 heterocycles. The summed E-state index contributed by atoms with van der Waals surface area (Å²) in [6.45, 7) is 6.14. The van der Waals surface area contributed by atoms with Gasteiger partial charge >= 0.3 is 0 Å². The number of nitrogens with one attached hydrogen (secondary N) is 1. The van der Waals surface area contributed by atoms with Gasteiger partial charge in [0.15, 0.2) is 5.82 Å². The Kier molecular flexibility index (Phi) is 5.09. The lowest BCUT2D eigenvalue weighted by atomic mass is 10.2. The van der Waals surface area contributed by atoms with Crippen LogP contribution in [0.5, 0.6) is 0 Å². The van der Waals surface area contributed by atoms with Gasteiger partial charge in [0, 0.05) is 29.8 Å². The van der Waals surface area contributed by atoms with Crippen LogP contribution in [0.3, 0.4) is 0 Å². The summed E-state index contributed by atoms with van der Waals surface area (Å²) in [5, 5.41) is 11.8. The summed E-state index contributed by atoms with van der Waals surface area (Å²) < 4.78 is 7.25. The standard InChI is InChI=1S/C19H23N5O/c1-13(20-4)12-18-21-19(25-23-18)11-10-17-14(2)22-24(15(17)3)16-8-6-5-7-9-16/h5-11,13,20H,12H2,1-4H3/b11-10+. The maximum absolute atomic E-state index is 5.30. The normalized spacial score (nSPS) is 12.8. The highest BCUT2D eigenvalue weighted by atomic mass is 16.5. The zero-order chi connectivity index (χ0) is 17.8. The summed E-state index contributed by atoms with van der Waals surface area (Å²) in [5.41, 5.74) is 4.14. The zero-order valence-electron chi connectivity index (χ0n) is 15.0. The molecule has 0 saturated carbocycles. The highest BCUT2D eigenvalue weighted by Crippen LogP contribution is 2.20. The van der Waals surface area contributed by atoms with Gasteiger partial charge in [0.05, 0.1) is 11.4 Å². The van der Waals surface area contributed by atoms with E-state index >= 15 is 0 Å². The summed E-state index contributed by atoms with van der Waals surface area (Å²) in [6, 6.07) is 10.4. The molecule has 130 valence electrons. The Hall–Kier alpha value is -2.73. The first-order valence-electron chi connectivity index (χ1n) is 8.38. The van der Waals surface area contributed by atoms with Crippen LogP contribution in [0.2, 0.25) is 0 Å². The molecule has 0 amide bonds. The van der Waals surface area contributed by atoms with E-state index in [4.69, 9.17) is 4.52 Å². The van der Waals surface area contributed by atoms with Crippen LogP contribution in [0.1, 0.15) is 35.6 Å². The van der Waals surface area contributed by atoms with E-state index in [0.717, 1.165) is 29.1 Å². The van der Waals surface area contributed by atoms with Gasteiger partial charge in [0.1, 0.15) is 0 Å². The molecular formula is C19H23N5O. The van der Waals surface area contributed by atoms with Crippen molar-refractivity contribution in [2.75, 3.05) is 7.05 Å². The number of nitrogens with zero attached hydrogens (tertiary/aromatic N) is 4. The molecule has 0 spiro atoms. The summed E-state index contributed by atoms with van der Waals surface area (Å²) in [7, 11) is 1.92. The molecular weight excluding hydrogens is 314 g/mol. The van der Waals surface area contributed by atoms with E-state index in [1.54, 1.807) is 0 Å². The van der Waals surface area contributed by atoms with Crippen molar-refractivity contribution in [3.05, 3.63) is 59.0 Å². The first kappa shape index (κ1) is 17.1.